The average Bonchev–Trinajstić information content (AvgIpc) is 3.63. The van der Waals surface area contributed by atoms with Crippen LogP contribution in [0.1, 0.15) is 39.1 Å². The zero-order chi connectivity index (χ0) is 25.7. The summed E-state index contributed by atoms with van der Waals surface area (Å²) >= 11 is 0. The van der Waals surface area contributed by atoms with Gasteiger partial charge in [0.05, 0.1) is 12.6 Å². The number of hydrogen-bond donors (Lipinski definition) is 1. The lowest BCUT2D eigenvalue weighted by molar-refractivity contribution is 0.0944. The van der Waals surface area contributed by atoms with E-state index in [1.807, 2.05) is 18.2 Å². The summed E-state index contributed by atoms with van der Waals surface area (Å²) in [6, 6.07) is 27.2. The van der Waals surface area contributed by atoms with Crippen molar-refractivity contribution >= 4 is 5.91 Å². The molecule has 2 aliphatic rings. The molecule has 0 saturated carbocycles. The molecule has 2 aliphatic heterocycles. The standard InChI is InChI=1S/C30H30N4O4/c35-30(31-18-22-11-12-26-27(17-22)38-21-37-26)25-20-36-28(32-25)19-33-13-15-34(16-14-33)29(23-7-3-1-4-8-23)24-9-5-2-6-10-24/h1-12,17,20,29H,13-16,18-19,21H2,(H,31,35). The number of hydrogen-bond acceptors (Lipinski definition) is 7. The van der Waals surface area contributed by atoms with E-state index in [2.05, 4.69) is 80.8 Å². The third-order valence-corrected chi connectivity index (χ3v) is 7.04. The molecule has 3 heterocycles. The smallest absolute Gasteiger partial charge is 0.273 e. The highest BCUT2D eigenvalue weighted by Crippen LogP contribution is 2.32. The number of nitrogens with one attached hydrogen (secondary N) is 1. The number of oxazole rings is 1. The number of fused-ring (bicyclic) bond motifs is 1. The van der Waals surface area contributed by atoms with Crippen molar-refractivity contribution in [3.05, 3.63) is 113 Å². The van der Waals surface area contributed by atoms with Gasteiger partial charge in [-0.2, -0.15) is 0 Å². The molecule has 3 aromatic carbocycles. The molecular formula is C30H30N4O4. The van der Waals surface area contributed by atoms with Gasteiger partial charge >= 0.3 is 0 Å². The lowest BCUT2D eigenvalue weighted by atomic mass is 9.96. The van der Waals surface area contributed by atoms with Crippen molar-refractivity contribution in [1.29, 1.82) is 0 Å². The van der Waals surface area contributed by atoms with Crippen molar-refractivity contribution in [1.82, 2.24) is 20.1 Å². The first-order valence-corrected chi connectivity index (χ1v) is 12.9. The van der Waals surface area contributed by atoms with E-state index >= 15 is 0 Å². The molecule has 6 rings (SSSR count). The lowest BCUT2D eigenvalue weighted by Gasteiger charge is -2.39. The van der Waals surface area contributed by atoms with Gasteiger partial charge in [0.25, 0.3) is 5.91 Å². The number of carbonyl (C=O) groups is 1. The summed E-state index contributed by atoms with van der Waals surface area (Å²) in [5.41, 5.74) is 3.81. The molecule has 0 radical (unpaired) electrons. The Morgan fingerprint density at radius 3 is 2.26 bits per heavy atom. The fourth-order valence-corrected chi connectivity index (χ4v) is 5.07. The maximum absolute atomic E-state index is 12.6. The summed E-state index contributed by atoms with van der Waals surface area (Å²) in [6.45, 7) is 4.81. The van der Waals surface area contributed by atoms with Crippen LogP contribution in [0, 0.1) is 0 Å². The molecule has 8 heteroatoms. The van der Waals surface area contributed by atoms with Crippen LogP contribution >= 0.6 is 0 Å². The summed E-state index contributed by atoms with van der Waals surface area (Å²) in [5.74, 6) is 1.70. The highest BCUT2D eigenvalue weighted by Gasteiger charge is 2.27. The SMILES string of the molecule is O=C(NCc1ccc2c(c1)OCO2)c1coc(CN2CCN(C(c3ccccc3)c3ccccc3)CC2)n1. The molecule has 4 aromatic rings. The van der Waals surface area contributed by atoms with Gasteiger partial charge in [0.2, 0.25) is 12.7 Å². The van der Waals surface area contributed by atoms with E-state index in [-0.39, 0.29) is 24.4 Å². The maximum atomic E-state index is 12.6. The number of piperazine rings is 1. The van der Waals surface area contributed by atoms with Gasteiger partial charge in [-0.3, -0.25) is 14.6 Å². The molecule has 8 nitrogen and oxygen atoms in total. The topological polar surface area (TPSA) is 80.1 Å². The largest absolute Gasteiger partial charge is 0.454 e. The van der Waals surface area contributed by atoms with Crippen molar-refractivity contribution in [2.75, 3.05) is 33.0 Å². The Labute approximate surface area is 221 Å². The number of carbonyl (C=O) groups excluding carboxylic acids is 1. The number of benzene rings is 3. The Bertz CT molecular complexity index is 1330. The van der Waals surface area contributed by atoms with E-state index in [1.54, 1.807) is 0 Å². The zero-order valence-electron chi connectivity index (χ0n) is 21.1. The second-order valence-corrected chi connectivity index (χ2v) is 9.53. The number of amides is 1. The van der Waals surface area contributed by atoms with Gasteiger partial charge in [-0.1, -0.05) is 66.7 Å². The molecular weight excluding hydrogens is 480 g/mol. The van der Waals surface area contributed by atoms with Crippen molar-refractivity contribution in [2.24, 2.45) is 0 Å². The minimum atomic E-state index is -0.268. The van der Waals surface area contributed by atoms with E-state index in [4.69, 9.17) is 13.9 Å². The van der Waals surface area contributed by atoms with Crippen LogP contribution in [-0.2, 0) is 13.1 Å². The van der Waals surface area contributed by atoms with Gasteiger partial charge < -0.3 is 19.2 Å². The fourth-order valence-electron chi connectivity index (χ4n) is 5.07. The summed E-state index contributed by atoms with van der Waals surface area (Å²) in [6.07, 6.45) is 1.43. The highest BCUT2D eigenvalue weighted by atomic mass is 16.7. The fraction of sp³-hybridized carbons (Fsp3) is 0.267. The van der Waals surface area contributed by atoms with E-state index in [0.29, 0.717) is 24.7 Å². The Kier molecular flexibility index (Phi) is 7.06. The summed E-state index contributed by atoms with van der Waals surface area (Å²) in [5, 5.41) is 2.89. The predicted octanol–water partition coefficient (Wildman–Crippen LogP) is 4.24. The van der Waals surface area contributed by atoms with Crippen molar-refractivity contribution in [3.8, 4) is 11.5 Å². The molecule has 194 valence electrons. The molecule has 0 aliphatic carbocycles. The molecule has 1 saturated heterocycles. The average molecular weight is 511 g/mol. The minimum Gasteiger partial charge on any atom is -0.454 e. The molecule has 0 unspecified atom stereocenters. The molecule has 0 bridgehead atoms. The van der Waals surface area contributed by atoms with Crippen LogP contribution < -0.4 is 14.8 Å². The first kappa shape index (κ1) is 24.2. The van der Waals surface area contributed by atoms with E-state index in [9.17, 15) is 4.79 Å². The highest BCUT2D eigenvalue weighted by molar-refractivity contribution is 5.91. The van der Waals surface area contributed by atoms with Gasteiger partial charge in [0.1, 0.15) is 6.26 Å². The molecule has 1 fully saturated rings. The molecule has 1 N–H and O–H groups in total. The summed E-state index contributed by atoms with van der Waals surface area (Å²) in [7, 11) is 0. The van der Waals surface area contributed by atoms with Crippen LogP contribution in [0.15, 0.2) is 89.5 Å². The Morgan fingerprint density at radius 1 is 0.868 bits per heavy atom. The van der Waals surface area contributed by atoms with Crippen LogP contribution in [0.3, 0.4) is 0 Å². The molecule has 1 aromatic heterocycles. The Hall–Kier alpha value is -4.14. The van der Waals surface area contributed by atoms with Crippen LogP contribution in [0.2, 0.25) is 0 Å². The minimum absolute atomic E-state index is 0.223. The third kappa shape index (κ3) is 5.41. The quantitative estimate of drug-likeness (QED) is 0.380. The number of rotatable bonds is 8. The molecule has 1 amide bonds. The van der Waals surface area contributed by atoms with Gasteiger partial charge in [-0.25, -0.2) is 4.98 Å². The van der Waals surface area contributed by atoms with Gasteiger partial charge in [0.15, 0.2) is 17.2 Å². The Balaban J connectivity index is 1.03. The summed E-state index contributed by atoms with van der Waals surface area (Å²) < 4.78 is 16.4. The summed E-state index contributed by atoms with van der Waals surface area (Å²) in [4.78, 5) is 21.9. The van der Waals surface area contributed by atoms with E-state index in [1.165, 1.54) is 17.4 Å². The van der Waals surface area contributed by atoms with E-state index < -0.39 is 0 Å². The number of nitrogens with zero attached hydrogens (tertiary/aromatic N) is 3. The third-order valence-electron chi connectivity index (χ3n) is 7.04. The lowest BCUT2D eigenvalue weighted by Crippen LogP contribution is -2.47. The van der Waals surface area contributed by atoms with Crippen molar-refractivity contribution < 1.29 is 18.7 Å². The first-order valence-electron chi connectivity index (χ1n) is 12.9. The molecule has 0 spiro atoms. The normalized spacial score (nSPS) is 15.6. The monoisotopic (exact) mass is 510 g/mol. The van der Waals surface area contributed by atoms with Gasteiger partial charge in [0, 0.05) is 32.7 Å². The Morgan fingerprint density at radius 2 is 1.55 bits per heavy atom. The van der Waals surface area contributed by atoms with Crippen LogP contribution in [0.4, 0.5) is 0 Å². The van der Waals surface area contributed by atoms with Crippen LogP contribution in [0.25, 0.3) is 0 Å². The number of aromatic nitrogens is 1. The van der Waals surface area contributed by atoms with E-state index in [0.717, 1.165) is 37.5 Å². The van der Waals surface area contributed by atoms with Crippen molar-refractivity contribution in [2.45, 2.75) is 19.1 Å². The molecule has 38 heavy (non-hydrogen) atoms. The van der Waals surface area contributed by atoms with Gasteiger partial charge in [-0.15, -0.1) is 0 Å². The second kappa shape index (κ2) is 11.1. The van der Waals surface area contributed by atoms with Crippen LogP contribution in [-0.4, -0.2) is 53.7 Å². The van der Waals surface area contributed by atoms with Gasteiger partial charge in [-0.05, 0) is 28.8 Å². The van der Waals surface area contributed by atoms with Crippen molar-refractivity contribution in [3.63, 3.8) is 0 Å². The second-order valence-electron chi connectivity index (χ2n) is 9.53. The first-order chi connectivity index (χ1) is 18.7. The predicted molar refractivity (Wildman–Crippen MR) is 142 cm³/mol. The molecule has 0 atom stereocenters. The maximum Gasteiger partial charge on any atom is 0.273 e. The van der Waals surface area contributed by atoms with Crippen LogP contribution in [0.5, 0.6) is 11.5 Å². The zero-order valence-corrected chi connectivity index (χ0v) is 21.1. The number of ether oxygens (including phenoxy) is 2.